The van der Waals surface area contributed by atoms with Crippen molar-refractivity contribution < 1.29 is 27.4 Å². The zero-order chi connectivity index (χ0) is 17.0. The van der Waals surface area contributed by atoms with Gasteiger partial charge in [0, 0.05) is 5.56 Å². The van der Waals surface area contributed by atoms with Crippen molar-refractivity contribution in [3.63, 3.8) is 0 Å². The van der Waals surface area contributed by atoms with Gasteiger partial charge in [0.1, 0.15) is 11.6 Å². The van der Waals surface area contributed by atoms with Crippen molar-refractivity contribution in [3.05, 3.63) is 53.8 Å². The van der Waals surface area contributed by atoms with Gasteiger partial charge in [-0.1, -0.05) is 12.1 Å². The summed E-state index contributed by atoms with van der Waals surface area (Å²) in [5, 5.41) is 10.8. The fourth-order valence-electron chi connectivity index (χ4n) is 1.86. The number of para-hydroxylation sites is 2. The average Bonchev–Trinajstić information content (AvgIpc) is 2.49. The molecule has 0 aromatic heterocycles. The molecule has 0 amide bonds. The lowest BCUT2D eigenvalue weighted by Crippen LogP contribution is -2.24. The number of hydrogen-bond acceptors (Lipinski definition) is 5. The third kappa shape index (κ3) is 3.78. The van der Waals surface area contributed by atoms with Crippen molar-refractivity contribution in [2.75, 3.05) is 11.3 Å². The Labute approximate surface area is 132 Å². The number of carbonyl (C=O) groups excluding carboxylic acids is 1. The molecule has 0 aliphatic carbocycles. The van der Waals surface area contributed by atoms with Crippen molar-refractivity contribution >= 4 is 21.7 Å². The highest BCUT2D eigenvalue weighted by atomic mass is 32.2. The summed E-state index contributed by atoms with van der Waals surface area (Å²) in [6.07, 6.45) is 0. The van der Waals surface area contributed by atoms with Gasteiger partial charge in [0.2, 0.25) is 0 Å². The SMILES string of the molecule is CCOc1ccccc1NS(=O)(=O)c1ccc(F)c(C(=O)[O-])c1. The number of hydrogen-bond donors (Lipinski definition) is 1. The number of ether oxygens (including phenoxy) is 1. The Kier molecular flexibility index (Phi) is 4.85. The van der Waals surface area contributed by atoms with Gasteiger partial charge in [-0.05, 0) is 37.3 Å². The van der Waals surface area contributed by atoms with E-state index in [9.17, 15) is 22.7 Å². The number of benzene rings is 2. The first-order valence-corrected chi connectivity index (χ1v) is 8.09. The maximum absolute atomic E-state index is 13.3. The van der Waals surface area contributed by atoms with Crippen LogP contribution in [0.5, 0.6) is 5.75 Å². The fraction of sp³-hybridized carbons (Fsp3) is 0.133. The molecule has 2 aromatic carbocycles. The smallest absolute Gasteiger partial charge is 0.262 e. The van der Waals surface area contributed by atoms with Gasteiger partial charge in [0.15, 0.2) is 0 Å². The lowest BCUT2D eigenvalue weighted by molar-refractivity contribution is -0.255. The van der Waals surface area contributed by atoms with E-state index in [2.05, 4.69) is 4.72 Å². The zero-order valence-electron chi connectivity index (χ0n) is 12.1. The van der Waals surface area contributed by atoms with Gasteiger partial charge in [-0.2, -0.15) is 0 Å². The van der Waals surface area contributed by atoms with Crippen LogP contribution in [0.3, 0.4) is 0 Å². The van der Waals surface area contributed by atoms with Crippen molar-refractivity contribution in [1.82, 2.24) is 0 Å². The van der Waals surface area contributed by atoms with Crippen LogP contribution in [0, 0.1) is 5.82 Å². The molecular formula is C15H13FNO5S-. The van der Waals surface area contributed by atoms with Crippen LogP contribution in [0.2, 0.25) is 0 Å². The van der Waals surface area contributed by atoms with Gasteiger partial charge in [-0.25, -0.2) is 12.8 Å². The number of nitrogens with one attached hydrogen (secondary N) is 1. The summed E-state index contributed by atoms with van der Waals surface area (Å²) < 4.78 is 45.6. The molecule has 0 heterocycles. The van der Waals surface area contributed by atoms with Crippen LogP contribution in [-0.4, -0.2) is 21.0 Å². The van der Waals surface area contributed by atoms with Crippen LogP contribution >= 0.6 is 0 Å². The number of sulfonamides is 1. The standard InChI is InChI=1S/C15H14FNO5S/c1-2-22-14-6-4-3-5-13(14)17-23(20,21)10-7-8-12(16)11(9-10)15(18)19/h3-9,17H,2H2,1H3,(H,18,19)/p-1. The normalized spacial score (nSPS) is 11.0. The number of rotatable bonds is 6. The Hall–Kier alpha value is -2.61. The number of carboxylic acid groups (broad SMARTS) is 1. The van der Waals surface area contributed by atoms with Gasteiger partial charge in [0.25, 0.3) is 10.0 Å². The Morgan fingerprint density at radius 2 is 1.96 bits per heavy atom. The van der Waals surface area contributed by atoms with Gasteiger partial charge >= 0.3 is 0 Å². The molecule has 6 nitrogen and oxygen atoms in total. The fourth-order valence-corrected chi connectivity index (χ4v) is 2.96. The predicted molar refractivity (Wildman–Crippen MR) is 79.2 cm³/mol. The summed E-state index contributed by atoms with van der Waals surface area (Å²) in [7, 11) is -4.11. The highest BCUT2D eigenvalue weighted by molar-refractivity contribution is 7.92. The second-order valence-electron chi connectivity index (χ2n) is 4.46. The maximum atomic E-state index is 13.3. The molecule has 0 bridgehead atoms. The summed E-state index contributed by atoms with van der Waals surface area (Å²) >= 11 is 0. The van der Waals surface area contributed by atoms with Crippen LogP contribution in [0.15, 0.2) is 47.4 Å². The Balaban J connectivity index is 2.40. The summed E-state index contributed by atoms with van der Waals surface area (Å²) in [6, 6.07) is 8.79. The minimum absolute atomic E-state index is 0.189. The van der Waals surface area contributed by atoms with Crippen LogP contribution < -0.4 is 14.6 Å². The molecule has 0 spiro atoms. The first-order chi connectivity index (χ1) is 10.8. The van der Waals surface area contributed by atoms with Crippen molar-refractivity contribution in [3.8, 4) is 5.75 Å². The maximum Gasteiger partial charge on any atom is 0.262 e. The highest BCUT2D eigenvalue weighted by Crippen LogP contribution is 2.27. The topological polar surface area (TPSA) is 95.5 Å². The highest BCUT2D eigenvalue weighted by Gasteiger charge is 2.18. The molecule has 0 saturated heterocycles. The van der Waals surface area contributed by atoms with Gasteiger partial charge < -0.3 is 14.6 Å². The molecule has 0 aliphatic heterocycles. The monoisotopic (exact) mass is 338 g/mol. The number of halogens is 1. The number of aromatic carboxylic acids is 1. The Morgan fingerprint density at radius 3 is 2.61 bits per heavy atom. The quantitative estimate of drug-likeness (QED) is 0.859. The largest absolute Gasteiger partial charge is 0.545 e. The summed E-state index contributed by atoms with van der Waals surface area (Å²) in [5.74, 6) is -2.55. The van der Waals surface area contributed by atoms with Crippen molar-refractivity contribution in [2.24, 2.45) is 0 Å². The summed E-state index contributed by atoms with van der Waals surface area (Å²) in [4.78, 5) is 10.4. The van der Waals surface area contributed by atoms with Crippen LogP contribution in [0.1, 0.15) is 17.3 Å². The molecular weight excluding hydrogens is 325 g/mol. The van der Waals surface area contributed by atoms with Crippen molar-refractivity contribution in [2.45, 2.75) is 11.8 Å². The van der Waals surface area contributed by atoms with E-state index >= 15 is 0 Å². The van der Waals surface area contributed by atoms with E-state index in [1.807, 2.05) is 0 Å². The van der Waals surface area contributed by atoms with E-state index in [1.54, 1.807) is 25.1 Å². The third-order valence-corrected chi connectivity index (χ3v) is 4.26. The summed E-state index contributed by atoms with van der Waals surface area (Å²) in [5.41, 5.74) is -0.639. The van der Waals surface area contributed by atoms with E-state index in [1.165, 1.54) is 6.07 Å². The average molecular weight is 338 g/mol. The number of carbonyl (C=O) groups is 1. The van der Waals surface area contributed by atoms with Crippen LogP contribution in [-0.2, 0) is 10.0 Å². The van der Waals surface area contributed by atoms with Crippen LogP contribution in [0.25, 0.3) is 0 Å². The second-order valence-corrected chi connectivity index (χ2v) is 6.15. The third-order valence-electron chi connectivity index (χ3n) is 2.90. The Bertz CT molecular complexity index is 836. The molecule has 2 rings (SSSR count). The van der Waals surface area contributed by atoms with E-state index in [4.69, 9.17) is 4.74 Å². The molecule has 122 valence electrons. The van der Waals surface area contributed by atoms with Gasteiger partial charge in [0.05, 0.1) is 23.2 Å². The molecule has 0 fully saturated rings. The lowest BCUT2D eigenvalue weighted by atomic mass is 10.2. The van der Waals surface area contributed by atoms with E-state index in [-0.39, 0.29) is 5.69 Å². The number of anilines is 1. The minimum Gasteiger partial charge on any atom is -0.545 e. The lowest BCUT2D eigenvalue weighted by Gasteiger charge is -2.13. The number of carboxylic acids is 1. The predicted octanol–water partition coefficient (Wildman–Crippen LogP) is 1.39. The molecule has 0 unspecified atom stereocenters. The molecule has 0 atom stereocenters. The van der Waals surface area contributed by atoms with E-state index in [0.717, 1.165) is 12.1 Å². The molecule has 2 aromatic rings. The molecule has 0 aliphatic rings. The van der Waals surface area contributed by atoms with E-state index in [0.29, 0.717) is 18.4 Å². The summed E-state index contributed by atoms with van der Waals surface area (Å²) in [6.45, 7) is 2.08. The van der Waals surface area contributed by atoms with Crippen LogP contribution in [0.4, 0.5) is 10.1 Å². The molecule has 0 saturated carbocycles. The van der Waals surface area contributed by atoms with Gasteiger partial charge in [-0.3, -0.25) is 4.72 Å². The minimum atomic E-state index is -4.11. The zero-order valence-corrected chi connectivity index (χ0v) is 12.9. The molecule has 1 N–H and O–H groups in total. The second kappa shape index (κ2) is 6.66. The van der Waals surface area contributed by atoms with Gasteiger partial charge in [-0.15, -0.1) is 0 Å². The van der Waals surface area contributed by atoms with Crippen molar-refractivity contribution in [1.29, 1.82) is 0 Å². The molecule has 0 radical (unpaired) electrons. The first kappa shape index (κ1) is 16.8. The molecule has 23 heavy (non-hydrogen) atoms. The van der Waals surface area contributed by atoms with E-state index < -0.39 is 32.3 Å². The Morgan fingerprint density at radius 1 is 1.26 bits per heavy atom. The first-order valence-electron chi connectivity index (χ1n) is 6.60. The molecule has 8 heteroatoms.